The summed E-state index contributed by atoms with van der Waals surface area (Å²) in [6.45, 7) is 13.3. The van der Waals surface area contributed by atoms with Gasteiger partial charge in [-0.15, -0.1) is 0 Å². The second-order valence-corrected chi connectivity index (χ2v) is 10.5. The van der Waals surface area contributed by atoms with Crippen LogP contribution < -0.4 is 4.74 Å². The molecule has 0 amide bonds. The Morgan fingerprint density at radius 1 is 1.19 bits per heavy atom. The van der Waals surface area contributed by atoms with Crippen LogP contribution in [0.3, 0.4) is 0 Å². The smallest absolute Gasteiger partial charge is 0.124 e. The summed E-state index contributed by atoms with van der Waals surface area (Å²) in [5, 5.41) is 21.8. The predicted octanol–water partition coefficient (Wildman–Crippen LogP) is 3.78. The topological polar surface area (TPSA) is 62.2 Å². The molecule has 1 aromatic rings. The van der Waals surface area contributed by atoms with Gasteiger partial charge >= 0.3 is 0 Å². The van der Waals surface area contributed by atoms with E-state index < -0.39 is 11.7 Å². The van der Waals surface area contributed by atoms with Gasteiger partial charge in [0.25, 0.3) is 0 Å². The van der Waals surface area contributed by atoms with Gasteiger partial charge in [-0.25, -0.2) is 0 Å². The summed E-state index contributed by atoms with van der Waals surface area (Å²) in [4.78, 5) is 2.48. The number of para-hydroxylation sites is 1. The minimum Gasteiger partial charge on any atom is -0.489 e. The first-order valence-electron chi connectivity index (χ1n) is 11.8. The number of benzene rings is 1. The fourth-order valence-electron chi connectivity index (χ4n) is 5.99. The molecule has 0 spiro atoms. The van der Waals surface area contributed by atoms with Gasteiger partial charge in [-0.05, 0) is 77.4 Å². The lowest BCUT2D eigenvalue weighted by Crippen LogP contribution is -2.65. The number of aliphatic hydroxyl groups excluding tert-OH is 1. The first-order chi connectivity index (χ1) is 14.7. The minimum absolute atomic E-state index is 0.00106. The van der Waals surface area contributed by atoms with Gasteiger partial charge in [-0.2, -0.15) is 0 Å². The Morgan fingerprint density at radius 3 is 2.61 bits per heavy atom. The lowest BCUT2D eigenvalue weighted by molar-refractivity contribution is -0.271. The fraction of sp³-hybridized carbons (Fsp3) is 0.692. The molecule has 2 bridgehead atoms. The van der Waals surface area contributed by atoms with E-state index in [-0.39, 0.29) is 17.6 Å². The average molecular weight is 430 g/mol. The van der Waals surface area contributed by atoms with E-state index in [0.717, 1.165) is 44.6 Å². The van der Waals surface area contributed by atoms with Crippen molar-refractivity contribution in [3.8, 4) is 5.75 Å². The Labute approximate surface area is 187 Å². The van der Waals surface area contributed by atoms with Crippen LogP contribution in [0.2, 0.25) is 0 Å². The number of fused-ring (bicyclic) bond motifs is 2. The molecular formula is C26H39NO4. The molecule has 2 N–H and O–H groups in total. The van der Waals surface area contributed by atoms with Crippen LogP contribution in [0.25, 0.3) is 0 Å². The second-order valence-electron chi connectivity index (χ2n) is 10.5. The second kappa shape index (κ2) is 8.86. The number of hydrogen-bond donors (Lipinski definition) is 2. The van der Waals surface area contributed by atoms with Gasteiger partial charge in [0.2, 0.25) is 0 Å². The first-order valence-corrected chi connectivity index (χ1v) is 11.8. The van der Waals surface area contributed by atoms with E-state index in [9.17, 15) is 10.2 Å². The van der Waals surface area contributed by atoms with Crippen LogP contribution in [0.1, 0.15) is 52.0 Å². The van der Waals surface area contributed by atoms with Gasteiger partial charge in [0.05, 0.1) is 23.4 Å². The maximum Gasteiger partial charge on any atom is 0.124 e. The Balaban J connectivity index is 1.41. The lowest BCUT2D eigenvalue weighted by atomic mass is 9.60. The summed E-state index contributed by atoms with van der Waals surface area (Å²) >= 11 is 0. The van der Waals surface area contributed by atoms with Crippen molar-refractivity contribution in [1.82, 2.24) is 4.90 Å². The monoisotopic (exact) mass is 429 g/mol. The fourth-order valence-corrected chi connectivity index (χ4v) is 5.99. The first kappa shape index (κ1) is 22.8. The predicted molar refractivity (Wildman–Crippen MR) is 122 cm³/mol. The summed E-state index contributed by atoms with van der Waals surface area (Å²) in [7, 11) is 0. The summed E-state index contributed by atoms with van der Waals surface area (Å²) < 4.78 is 12.5. The van der Waals surface area contributed by atoms with E-state index >= 15 is 0 Å². The highest BCUT2D eigenvalue weighted by atomic mass is 16.5. The third-order valence-electron chi connectivity index (χ3n) is 8.11. The third kappa shape index (κ3) is 4.56. The summed E-state index contributed by atoms with van der Waals surface area (Å²) in [6.07, 6.45) is 4.75. The maximum atomic E-state index is 11.1. The zero-order chi connectivity index (χ0) is 22.2. The molecule has 31 heavy (non-hydrogen) atoms. The van der Waals surface area contributed by atoms with Crippen molar-refractivity contribution < 1.29 is 19.7 Å². The molecule has 2 unspecified atom stereocenters. The molecular weight excluding hydrogens is 390 g/mol. The molecule has 5 atom stereocenters. The van der Waals surface area contributed by atoms with E-state index in [2.05, 4.69) is 37.5 Å². The highest BCUT2D eigenvalue weighted by Crippen LogP contribution is 2.52. The summed E-state index contributed by atoms with van der Waals surface area (Å²) in [5.41, 5.74) is -0.119. The van der Waals surface area contributed by atoms with Gasteiger partial charge < -0.3 is 19.7 Å². The molecule has 2 heterocycles. The number of nitrogens with zero attached hydrogens (tertiary/aromatic N) is 1. The van der Waals surface area contributed by atoms with Crippen molar-refractivity contribution in [3.63, 3.8) is 0 Å². The number of likely N-dealkylation sites (tertiary alicyclic amines) is 1. The molecule has 2 saturated heterocycles. The highest BCUT2D eigenvalue weighted by Gasteiger charge is 2.57. The van der Waals surface area contributed by atoms with Crippen molar-refractivity contribution in [2.24, 2.45) is 17.8 Å². The highest BCUT2D eigenvalue weighted by molar-refractivity contribution is 5.33. The number of ether oxygens (including phenoxy) is 2. The van der Waals surface area contributed by atoms with E-state index in [1.54, 1.807) is 6.08 Å². The molecule has 3 aliphatic rings. The summed E-state index contributed by atoms with van der Waals surface area (Å²) in [5.74, 6) is 1.64. The quantitative estimate of drug-likeness (QED) is 0.674. The van der Waals surface area contributed by atoms with Gasteiger partial charge in [0, 0.05) is 18.0 Å². The van der Waals surface area contributed by atoms with Crippen LogP contribution in [0, 0.1) is 17.8 Å². The zero-order valence-corrected chi connectivity index (χ0v) is 19.3. The summed E-state index contributed by atoms with van der Waals surface area (Å²) in [6, 6.07) is 8.23. The van der Waals surface area contributed by atoms with Gasteiger partial charge in [0.15, 0.2) is 0 Å². The Kier molecular flexibility index (Phi) is 6.51. The normalized spacial score (nSPS) is 36.2. The van der Waals surface area contributed by atoms with Crippen molar-refractivity contribution in [1.29, 1.82) is 0 Å². The molecule has 4 rings (SSSR count). The number of rotatable bonds is 6. The Hall–Kier alpha value is -1.40. The average Bonchev–Trinajstić information content (AvgIpc) is 2.74. The van der Waals surface area contributed by atoms with Crippen LogP contribution in [0.15, 0.2) is 36.9 Å². The van der Waals surface area contributed by atoms with E-state index in [1.807, 2.05) is 19.1 Å². The van der Waals surface area contributed by atoms with Crippen LogP contribution >= 0.6 is 0 Å². The van der Waals surface area contributed by atoms with Crippen LogP contribution in [0.4, 0.5) is 0 Å². The van der Waals surface area contributed by atoms with E-state index in [1.165, 1.54) is 5.56 Å². The van der Waals surface area contributed by atoms with Crippen LogP contribution in [0.5, 0.6) is 5.75 Å². The van der Waals surface area contributed by atoms with Crippen LogP contribution in [-0.2, 0) is 11.3 Å². The van der Waals surface area contributed by atoms with Gasteiger partial charge in [-0.3, -0.25) is 4.90 Å². The third-order valence-corrected chi connectivity index (χ3v) is 8.11. The molecule has 5 nitrogen and oxygen atoms in total. The van der Waals surface area contributed by atoms with Crippen molar-refractivity contribution in [3.05, 3.63) is 42.5 Å². The van der Waals surface area contributed by atoms with Gasteiger partial charge in [-0.1, -0.05) is 30.9 Å². The Bertz CT molecular complexity index is 768. The molecule has 1 aliphatic carbocycles. The van der Waals surface area contributed by atoms with Crippen molar-refractivity contribution in [2.45, 2.75) is 76.4 Å². The molecule has 2 aliphatic heterocycles. The molecule has 3 fully saturated rings. The van der Waals surface area contributed by atoms with E-state index in [0.29, 0.717) is 24.9 Å². The number of hydrogen-bond acceptors (Lipinski definition) is 5. The maximum absolute atomic E-state index is 11.1. The lowest BCUT2D eigenvalue weighted by Gasteiger charge is -2.58. The standard InChI is InChI=1S/C26H39NO4/c1-5-14-30-22-9-7-6-8-19(22)17-27-12-10-18(11-13-27)24-21-15-20(25(2,3)31-24)16-23(28)26(21,4)29/h5-9,18,20-21,23-24,28-29H,1,10-17H2,2-4H3/t20?,21?,23-,24-,26-/m0/s1. The van der Waals surface area contributed by atoms with Crippen LogP contribution in [-0.4, -0.2) is 58.2 Å². The molecule has 172 valence electrons. The molecule has 1 saturated carbocycles. The van der Waals surface area contributed by atoms with Gasteiger partial charge in [0.1, 0.15) is 12.4 Å². The van der Waals surface area contributed by atoms with Crippen molar-refractivity contribution >= 4 is 0 Å². The minimum atomic E-state index is -1.07. The number of aliphatic hydroxyl groups is 2. The number of piperidine rings is 1. The zero-order valence-electron chi connectivity index (χ0n) is 19.3. The molecule has 0 radical (unpaired) electrons. The Morgan fingerprint density at radius 2 is 1.90 bits per heavy atom. The van der Waals surface area contributed by atoms with E-state index in [4.69, 9.17) is 9.47 Å². The SMILES string of the molecule is C=CCOc1ccccc1CN1CCC([C@@H]2OC(C)(C)C3CC2[C@](C)(O)[C@@H](O)C3)CC1. The largest absolute Gasteiger partial charge is 0.489 e. The molecule has 1 aromatic carbocycles. The molecule has 0 aromatic heterocycles. The molecule has 5 heteroatoms. The van der Waals surface area contributed by atoms with Crippen molar-refractivity contribution in [2.75, 3.05) is 19.7 Å².